The normalized spacial score (nSPS) is 22.1. The van der Waals surface area contributed by atoms with Crippen LogP contribution in [0.15, 0.2) is 0 Å². The summed E-state index contributed by atoms with van der Waals surface area (Å²) in [6, 6.07) is 8.61. The topological polar surface area (TPSA) is 15.3 Å². The molecule has 0 spiro atoms. The highest BCUT2D eigenvalue weighted by molar-refractivity contribution is 6.84. The number of rotatable bonds is 8. The molecule has 0 saturated carbocycles. The van der Waals surface area contributed by atoms with Gasteiger partial charge in [0.15, 0.2) is 0 Å². The molecular formula is C15H36N2Si2. The molecule has 0 bridgehead atoms. The van der Waals surface area contributed by atoms with Crippen molar-refractivity contribution < 1.29 is 0 Å². The molecule has 0 amide bonds. The molecule has 1 atom stereocenters. The van der Waals surface area contributed by atoms with E-state index in [0.717, 1.165) is 5.79 Å². The Morgan fingerprint density at radius 2 is 1.32 bits per heavy atom. The van der Waals surface area contributed by atoms with Gasteiger partial charge in [-0.1, -0.05) is 59.7 Å². The molecule has 0 radical (unpaired) electrons. The van der Waals surface area contributed by atoms with Crippen LogP contribution in [0.3, 0.4) is 0 Å². The Morgan fingerprint density at radius 1 is 0.842 bits per heavy atom. The molecule has 0 aromatic carbocycles. The minimum absolute atomic E-state index is 0.777. The number of hydrogen-bond acceptors (Lipinski definition) is 2. The Kier molecular flexibility index (Phi) is 6.77. The van der Waals surface area contributed by atoms with E-state index < -0.39 is 16.3 Å². The smallest absolute Gasteiger partial charge is 0.128 e. The van der Waals surface area contributed by atoms with Gasteiger partial charge in [-0.05, 0) is 18.1 Å². The van der Waals surface area contributed by atoms with Crippen LogP contribution >= 0.6 is 0 Å². The highest BCUT2D eigenvalue weighted by atomic mass is 28.3. The van der Waals surface area contributed by atoms with Gasteiger partial charge in [0.2, 0.25) is 0 Å². The lowest BCUT2D eigenvalue weighted by atomic mass is 10.7. The molecular weight excluding hydrogens is 264 g/mol. The van der Waals surface area contributed by atoms with Crippen LogP contribution in [0.4, 0.5) is 0 Å². The molecule has 1 aliphatic rings. The van der Waals surface area contributed by atoms with Gasteiger partial charge in [-0.25, -0.2) is 0 Å². The van der Waals surface area contributed by atoms with E-state index in [9.17, 15) is 0 Å². The van der Waals surface area contributed by atoms with E-state index >= 15 is 0 Å². The van der Waals surface area contributed by atoms with E-state index in [-0.39, 0.29) is 0 Å². The maximum atomic E-state index is 3.93. The molecule has 2 nitrogen and oxygen atoms in total. The predicted molar refractivity (Wildman–Crippen MR) is 92.9 cm³/mol. The van der Waals surface area contributed by atoms with Gasteiger partial charge in [0, 0.05) is 18.9 Å². The Labute approximate surface area is 123 Å². The van der Waals surface area contributed by atoms with Crippen molar-refractivity contribution in [2.24, 2.45) is 0 Å². The summed E-state index contributed by atoms with van der Waals surface area (Å²) in [4.78, 5) is 0. The molecule has 1 unspecified atom stereocenters. The average molecular weight is 301 g/mol. The van der Waals surface area contributed by atoms with Crippen molar-refractivity contribution >= 4 is 16.3 Å². The van der Waals surface area contributed by atoms with Gasteiger partial charge in [0.1, 0.15) is 8.24 Å². The van der Waals surface area contributed by atoms with Gasteiger partial charge in [-0.2, -0.15) is 0 Å². The fourth-order valence-electron chi connectivity index (χ4n) is 4.31. The van der Waals surface area contributed by atoms with E-state index in [0.29, 0.717) is 0 Å². The SMILES string of the molecule is CC[Si](CC)(CC)C1NCCN1[Si](CC)(CC)CC. The minimum Gasteiger partial charge on any atom is -0.310 e. The van der Waals surface area contributed by atoms with Gasteiger partial charge < -0.3 is 9.88 Å². The summed E-state index contributed by atoms with van der Waals surface area (Å²) >= 11 is 0. The Morgan fingerprint density at radius 3 is 1.68 bits per heavy atom. The number of nitrogens with one attached hydrogen (secondary N) is 1. The lowest BCUT2D eigenvalue weighted by Crippen LogP contribution is -2.65. The first kappa shape index (κ1) is 17.4. The van der Waals surface area contributed by atoms with Crippen molar-refractivity contribution in [1.29, 1.82) is 0 Å². The third-order valence-corrected chi connectivity index (χ3v) is 18.1. The van der Waals surface area contributed by atoms with E-state index in [1.807, 2.05) is 0 Å². The quantitative estimate of drug-likeness (QED) is 0.673. The zero-order valence-corrected chi connectivity index (χ0v) is 16.2. The zero-order valence-electron chi connectivity index (χ0n) is 14.2. The number of nitrogens with zero attached hydrogens (tertiary/aromatic N) is 1. The molecule has 1 fully saturated rings. The van der Waals surface area contributed by atoms with Crippen molar-refractivity contribution in [2.75, 3.05) is 13.1 Å². The standard InChI is InChI=1S/C15H36N2Si2/c1-7-18(8-2,9-3)15-16-13-14-17(15)19(10-4,11-5)12-6/h15-16H,7-14H2,1-6H3. The molecule has 0 aliphatic carbocycles. The van der Waals surface area contributed by atoms with Crippen molar-refractivity contribution in [3.63, 3.8) is 0 Å². The van der Waals surface area contributed by atoms with Crippen molar-refractivity contribution in [2.45, 2.75) is 83.6 Å². The van der Waals surface area contributed by atoms with Crippen molar-refractivity contribution in [1.82, 2.24) is 9.88 Å². The second kappa shape index (κ2) is 7.39. The molecule has 1 N–H and O–H groups in total. The summed E-state index contributed by atoms with van der Waals surface area (Å²) in [6.07, 6.45) is 0. The monoisotopic (exact) mass is 300 g/mol. The molecule has 114 valence electrons. The maximum absolute atomic E-state index is 3.93. The first-order chi connectivity index (χ1) is 9.09. The first-order valence-corrected chi connectivity index (χ1v) is 13.9. The summed E-state index contributed by atoms with van der Waals surface area (Å²) in [5.41, 5.74) is 0. The van der Waals surface area contributed by atoms with E-state index in [1.54, 1.807) is 0 Å². The van der Waals surface area contributed by atoms with Crippen LogP contribution in [0.2, 0.25) is 36.3 Å². The lowest BCUT2D eigenvalue weighted by Gasteiger charge is -2.48. The molecule has 1 rings (SSSR count). The molecule has 1 aliphatic heterocycles. The van der Waals surface area contributed by atoms with Gasteiger partial charge >= 0.3 is 0 Å². The van der Waals surface area contributed by atoms with Crippen LogP contribution in [0.1, 0.15) is 41.5 Å². The minimum atomic E-state index is -1.20. The summed E-state index contributed by atoms with van der Waals surface area (Å²) < 4.78 is 3.02. The highest BCUT2D eigenvalue weighted by Gasteiger charge is 2.48. The molecule has 1 saturated heterocycles. The third-order valence-electron chi connectivity index (χ3n) is 6.28. The fraction of sp³-hybridized carbons (Fsp3) is 1.00. The maximum Gasteiger partial charge on any atom is 0.128 e. The van der Waals surface area contributed by atoms with Crippen LogP contribution in [-0.4, -0.2) is 39.8 Å². The Hall–Kier alpha value is 0.354. The van der Waals surface area contributed by atoms with Crippen molar-refractivity contribution in [3.05, 3.63) is 0 Å². The average Bonchev–Trinajstić information content (AvgIpc) is 2.95. The molecule has 0 aromatic rings. The van der Waals surface area contributed by atoms with Crippen LogP contribution in [-0.2, 0) is 0 Å². The predicted octanol–water partition coefficient (Wildman–Crippen LogP) is 4.27. The van der Waals surface area contributed by atoms with Crippen LogP contribution in [0, 0.1) is 0 Å². The van der Waals surface area contributed by atoms with E-state index in [4.69, 9.17) is 0 Å². The van der Waals surface area contributed by atoms with Crippen molar-refractivity contribution in [3.8, 4) is 0 Å². The van der Waals surface area contributed by atoms with Crippen LogP contribution in [0.5, 0.6) is 0 Å². The lowest BCUT2D eigenvalue weighted by molar-refractivity contribution is 0.438. The zero-order chi connectivity index (χ0) is 14.5. The summed E-state index contributed by atoms with van der Waals surface area (Å²) in [7, 11) is -2.36. The van der Waals surface area contributed by atoms with Gasteiger partial charge in [0.05, 0.1) is 8.07 Å². The highest BCUT2D eigenvalue weighted by Crippen LogP contribution is 2.35. The van der Waals surface area contributed by atoms with Crippen LogP contribution < -0.4 is 5.32 Å². The van der Waals surface area contributed by atoms with Crippen LogP contribution in [0.25, 0.3) is 0 Å². The number of hydrogen-bond donors (Lipinski definition) is 1. The van der Waals surface area contributed by atoms with Gasteiger partial charge in [-0.15, -0.1) is 0 Å². The van der Waals surface area contributed by atoms with Gasteiger partial charge in [0.25, 0.3) is 0 Å². The van der Waals surface area contributed by atoms with E-state index in [2.05, 4.69) is 51.4 Å². The Bertz CT molecular complexity index is 220. The summed E-state index contributed by atoms with van der Waals surface area (Å²) in [5, 5.41) is 3.93. The first-order valence-electron chi connectivity index (χ1n) is 8.59. The van der Waals surface area contributed by atoms with Gasteiger partial charge in [-0.3, -0.25) is 0 Å². The third kappa shape index (κ3) is 3.01. The Balaban J connectivity index is 3.07. The largest absolute Gasteiger partial charge is 0.310 e. The van der Waals surface area contributed by atoms with E-state index in [1.165, 1.54) is 49.4 Å². The second-order valence-corrected chi connectivity index (χ2v) is 16.8. The second-order valence-electron chi connectivity index (χ2n) is 6.26. The fourth-order valence-corrected chi connectivity index (χ4v) is 13.9. The molecule has 1 heterocycles. The molecule has 19 heavy (non-hydrogen) atoms. The molecule has 0 aromatic heterocycles. The summed E-state index contributed by atoms with van der Waals surface area (Å²) in [6.45, 7) is 17.2. The molecule has 4 heteroatoms. The summed E-state index contributed by atoms with van der Waals surface area (Å²) in [5.74, 6) is 0.777.